The van der Waals surface area contributed by atoms with Crippen molar-refractivity contribution in [2.45, 2.75) is 38.1 Å². The highest BCUT2D eigenvalue weighted by Crippen LogP contribution is 2.46. The normalized spacial score (nSPS) is 23.4. The molecule has 6 rings (SSSR count). The Morgan fingerprint density at radius 2 is 1.97 bits per heavy atom. The zero-order valence-corrected chi connectivity index (χ0v) is 20.1. The van der Waals surface area contributed by atoms with Crippen LogP contribution in [0, 0.1) is 23.2 Å². The van der Waals surface area contributed by atoms with Gasteiger partial charge in [-0.2, -0.15) is 5.26 Å². The lowest BCUT2D eigenvalue weighted by Gasteiger charge is -2.41. The van der Waals surface area contributed by atoms with Crippen LogP contribution in [-0.2, 0) is 9.59 Å². The maximum absolute atomic E-state index is 12.9. The van der Waals surface area contributed by atoms with Gasteiger partial charge in [-0.1, -0.05) is 18.2 Å². The lowest BCUT2D eigenvalue weighted by molar-refractivity contribution is -0.142. The molecule has 2 unspecified atom stereocenters. The second kappa shape index (κ2) is 8.59. The Labute approximate surface area is 209 Å². The SMILES string of the molecule is C[C@@H]1CN(c2nc(C3CC3)c(-c3cccc4cnccc34)cc2C#N)CCN1C(=O)C1CC1C(=O)O. The number of rotatable bonds is 5. The van der Waals surface area contributed by atoms with Gasteiger partial charge in [0.05, 0.1) is 23.1 Å². The minimum Gasteiger partial charge on any atom is -0.481 e. The van der Waals surface area contributed by atoms with Crippen molar-refractivity contribution in [3.05, 3.63) is 54.0 Å². The highest BCUT2D eigenvalue weighted by molar-refractivity contribution is 5.97. The summed E-state index contributed by atoms with van der Waals surface area (Å²) in [5.74, 6) is -0.848. The number of amides is 1. The van der Waals surface area contributed by atoms with Crippen LogP contribution in [0.15, 0.2) is 42.7 Å². The molecule has 1 aliphatic heterocycles. The smallest absolute Gasteiger partial charge is 0.307 e. The number of carboxylic acid groups (broad SMARTS) is 1. The third kappa shape index (κ3) is 3.85. The number of benzene rings is 1. The van der Waals surface area contributed by atoms with Gasteiger partial charge in [0, 0.05) is 54.9 Å². The van der Waals surface area contributed by atoms with Crippen LogP contribution in [0.4, 0.5) is 5.82 Å². The Bertz CT molecular complexity index is 1420. The van der Waals surface area contributed by atoms with Crippen molar-refractivity contribution in [1.29, 1.82) is 5.26 Å². The van der Waals surface area contributed by atoms with E-state index in [1.165, 1.54) is 0 Å². The first-order valence-corrected chi connectivity index (χ1v) is 12.5. The summed E-state index contributed by atoms with van der Waals surface area (Å²) in [6.45, 7) is 3.59. The molecular weight excluding hydrogens is 454 g/mol. The Kier molecular flexibility index (Phi) is 5.36. The number of carbonyl (C=O) groups excluding carboxylic acids is 1. The van der Waals surface area contributed by atoms with E-state index < -0.39 is 17.8 Å². The highest BCUT2D eigenvalue weighted by Gasteiger charge is 2.50. The maximum atomic E-state index is 12.9. The number of nitrogens with zero attached hydrogens (tertiary/aromatic N) is 5. The highest BCUT2D eigenvalue weighted by atomic mass is 16.4. The average molecular weight is 482 g/mol. The molecule has 3 heterocycles. The molecule has 3 aromatic rings. The van der Waals surface area contributed by atoms with Gasteiger partial charge in [0.25, 0.3) is 0 Å². The molecule has 36 heavy (non-hydrogen) atoms. The maximum Gasteiger partial charge on any atom is 0.307 e. The zero-order valence-electron chi connectivity index (χ0n) is 20.1. The van der Waals surface area contributed by atoms with E-state index in [0.29, 0.717) is 43.4 Å². The minimum absolute atomic E-state index is 0.0671. The first-order chi connectivity index (χ1) is 17.5. The molecule has 2 saturated carbocycles. The number of aliphatic carboxylic acids is 1. The first-order valence-electron chi connectivity index (χ1n) is 12.5. The second-order valence-electron chi connectivity index (χ2n) is 10.2. The third-order valence-corrected chi connectivity index (χ3v) is 7.72. The van der Waals surface area contributed by atoms with Crippen LogP contribution in [0.1, 0.15) is 43.4 Å². The molecule has 8 nitrogen and oxygen atoms in total. The summed E-state index contributed by atoms with van der Waals surface area (Å²) in [5.41, 5.74) is 3.63. The molecule has 1 aromatic carbocycles. The van der Waals surface area contributed by atoms with Crippen LogP contribution in [0.3, 0.4) is 0 Å². The molecule has 1 amide bonds. The van der Waals surface area contributed by atoms with Crippen molar-refractivity contribution < 1.29 is 14.7 Å². The van der Waals surface area contributed by atoms with Gasteiger partial charge >= 0.3 is 5.97 Å². The summed E-state index contributed by atoms with van der Waals surface area (Å²) in [7, 11) is 0. The summed E-state index contributed by atoms with van der Waals surface area (Å²) in [6, 6.07) is 12.4. The van der Waals surface area contributed by atoms with E-state index in [9.17, 15) is 20.0 Å². The molecule has 8 heteroatoms. The van der Waals surface area contributed by atoms with Gasteiger partial charge < -0.3 is 14.9 Å². The molecule has 2 aromatic heterocycles. The molecule has 182 valence electrons. The monoisotopic (exact) mass is 481 g/mol. The van der Waals surface area contributed by atoms with Crippen LogP contribution in [0.5, 0.6) is 0 Å². The number of hydrogen-bond donors (Lipinski definition) is 1. The minimum atomic E-state index is -0.891. The lowest BCUT2D eigenvalue weighted by Crippen LogP contribution is -2.55. The summed E-state index contributed by atoms with van der Waals surface area (Å²) in [5, 5.41) is 21.4. The van der Waals surface area contributed by atoms with E-state index in [1.54, 1.807) is 11.1 Å². The van der Waals surface area contributed by atoms with Crippen LogP contribution in [-0.4, -0.2) is 57.5 Å². The second-order valence-corrected chi connectivity index (χ2v) is 10.2. The summed E-state index contributed by atoms with van der Waals surface area (Å²) >= 11 is 0. The zero-order chi connectivity index (χ0) is 25.0. The van der Waals surface area contributed by atoms with E-state index in [2.05, 4.69) is 22.0 Å². The molecule has 0 spiro atoms. The van der Waals surface area contributed by atoms with Crippen LogP contribution < -0.4 is 4.90 Å². The molecule has 2 aliphatic carbocycles. The van der Waals surface area contributed by atoms with Gasteiger partial charge in [-0.15, -0.1) is 0 Å². The standard InChI is InChI=1S/C28H27N5O3/c1-16-15-32(9-10-33(16)27(34)23-12-24(23)28(35)36)26-19(13-29)11-22(25(31-26)17-5-6-17)21-4-2-3-18-14-30-8-7-20(18)21/h2-4,7-8,11,14,16-17,23-24H,5-6,9-10,12,15H2,1H3,(H,35,36)/t16-,23?,24?/m1/s1. The number of aromatic nitrogens is 2. The predicted octanol–water partition coefficient (Wildman–Crippen LogP) is 3.80. The van der Waals surface area contributed by atoms with Gasteiger partial charge in [0.15, 0.2) is 0 Å². The van der Waals surface area contributed by atoms with E-state index in [-0.39, 0.29) is 11.9 Å². The van der Waals surface area contributed by atoms with E-state index in [4.69, 9.17) is 4.98 Å². The fourth-order valence-electron chi connectivity index (χ4n) is 5.51. The first kappa shape index (κ1) is 22.5. The van der Waals surface area contributed by atoms with Gasteiger partial charge in [0.1, 0.15) is 11.9 Å². The summed E-state index contributed by atoms with van der Waals surface area (Å²) < 4.78 is 0. The van der Waals surface area contributed by atoms with E-state index in [1.807, 2.05) is 37.4 Å². The molecular formula is C28H27N5O3. The van der Waals surface area contributed by atoms with Crippen molar-refractivity contribution in [3.8, 4) is 17.2 Å². The number of carbonyl (C=O) groups is 2. The molecule has 1 saturated heterocycles. The number of carboxylic acids is 1. The van der Waals surface area contributed by atoms with Crippen molar-refractivity contribution >= 4 is 28.5 Å². The van der Waals surface area contributed by atoms with Gasteiger partial charge in [-0.05, 0) is 49.3 Å². The predicted molar refractivity (Wildman–Crippen MR) is 134 cm³/mol. The molecule has 3 fully saturated rings. The van der Waals surface area contributed by atoms with Crippen molar-refractivity contribution in [2.75, 3.05) is 24.5 Å². The topological polar surface area (TPSA) is 110 Å². The quantitative estimate of drug-likeness (QED) is 0.590. The van der Waals surface area contributed by atoms with Gasteiger partial charge in [-0.3, -0.25) is 14.6 Å². The summed E-state index contributed by atoms with van der Waals surface area (Å²) in [4.78, 5) is 37.4. The van der Waals surface area contributed by atoms with Gasteiger partial charge in [0.2, 0.25) is 5.91 Å². The summed E-state index contributed by atoms with van der Waals surface area (Å²) in [6.07, 6.45) is 6.24. The number of hydrogen-bond acceptors (Lipinski definition) is 6. The lowest BCUT2D eigenvalue weighted by atomic mass is 9.95. The van der Waals surface area contributed by atoms with Gasteiger partial charge in [-0.25, -0.2) is 4.98 Å². The van der Waals surface area contributed by atoms with Crippen LogP contribution in [0.2, 0.25) is 0 Å². The average Bonchev–Trinajstić information content (AvgIpc) is 3.81. The fourth-order valence-corrected chi connectivity index (χ4v) is 5.51. The third-order valence-electron chi connectivity index (χ3n) is 7.72. The van der Waals surface area contributed by atoms with E-state index >= 15 is 0 Å². The molecule has 0 bridgehead atoms. The van der Waals surface area contributed by atoms with Crippen molar-refractivity contribution in [3.63, 3.8) is 0 Å². The molecule has 3 atom stereocenters. The number of anilines is 1. The largest absolute Gasteiger partial charge is 0.481 e. The Hall–Kier alpha value is -3.99. The number of fused-ring (bicyclic) bond motifs is 1. The van der Waals surface area contributed by atoms with Crippen LogP contribution >= 0.6 is 0 Å². The molecule has 3 aliphatic rings. The number of pyridine rings is 2. The Morgan fingerprint density at radius 3 is 2.67 bits per heavy atom. The number of piperazine rings is 1. The number of nitriles is 1. The molecule has 0 radical (unpaired) electrons. The Balaban J connectivity index is 1.32. The van der Waals surface area contributed by atoms with Crippen LogP contribution in [0.25, 0.3) is 21.9 Å². The Morgan fingerprint density at radius 1 is 1.14 bits per heavy atom. The van der Waals surface area contributed by atoms with Crippen molar-refractivity contribution in [2.24, 2.45) is 11.8 Å². The van der Waals surface area contributed by atoms with Crippen molar-refractivity contribution in [1.82, 2.24) is 14.9 Å². The van der Waals surface area contributed by atoms with E-state index in [0.717, 1.165) is 40.4 Å². The molecule has 1 N–H and O–H groups in total. The fraction of sp³-hybridized carbons (Fsp3) is 0.393.